The van der Waals surface area contributed by atoms with Crippen molar-refractivity contribution in [3.63, 3.8) is 0 Å². The number of hydrogen-bond donors (Lipinski definition) is 4. The fourth-order valence-corrected chi connectivity index (χ4v) is 2.70. The molecule has 0 aliphatic rings. The van der Waals surface area contributed by atoms with Gasteiger partial charge in [-0.1, -0.05) is 23.5 Å². The predicted molar refractivity (Wildman–Crippen MR) is 67.7 cm³/mol. The summed E-state index contributed by atoms with van der Waals surface area (Å²) in [5.74, 6) is 2.53. The molecule has 6 N–H and O–H groups in total. The Hall–Kier alpha value is -1.42. The molecule has 0 aromatic carbocycles. The Morgan fingerprint density at radius 3 is 1.71 bits per heavy atom. The zero-order valence-corrected chi connectivity index (χ0v) is 10.5. The molecular formula is C7H12N8S2. The highest BCUT2D eigenvalue weighted by atomic mass is 32.2. The zero-order valence-electron chi connectivity index (χ0n) is 8.88. The van der Waals surface area contributed by atoms with Crippen molar-refractivity contribution in [3.05, 3.63) is 0 Å². The molecule has 0 saturated heterocycles. The van der Waals surface area contributed by atoms with Gasteiger partial charge in [-0.3, -0.25) is 0 Å². The SMILES string of the molecule is Nc1nc(SCCCSc2n[nH]c(N)n2)n[nH]1. The highest BCUT2D eigenvalue weighted by Gasteiger charge is 2.02. The number of aromatic amines is 2. The number of nitrogens with zero attached hydrogens (tertiary/aromatic N) is 4. The van der Waals surface area contributed by atoms with Crippen LogP contribution in [0.15, 0.2) is 10.3 Å². The van der Waals surface area contributed by atoms with Gasteiger partial charge in [-0.25, -0.2) is 10.2 Å². The van der Waals surface area contributed by atoms with Gasteiger partial charge in [0.25, 0.3) is 0 Å². The number of hydrogen-bond acceptors (Lipinski definition) is 8. The molecule has 2 aromatic rings. The van der Waals surface area contributed by atoms with Crippen LogP contribution in [-0.2, 0) is 0 Å². The second-order valence-corrected chi connectivity index (χ2v) is 5.18. The van der Waals surface area contributed by atoms with E-state index in [1.165, 1.54) is 0 Å². The van der Waals surface area contributed by atoms with Gasteiger partial charge in [-0.05, 0) is 6.42 Å². The second kappa shape index (κ2) is 5.77. The van der Waals surface area contributed by atoms with E-state index >= 15 is 0 Å². The first kappa shape index (κ1) is 12.0. The number of thioether (sulfide) groups is 2. The maximum atomic E-state index is 5.41. The van der Waals surface area contributed by atoms with Gasteiger partial charge in [-0.2, -0.15) is 9.97 Å². The first-order valence-corrected chi connectivity index (χ1v) is 6.82. The molecule has 92 valence electrons. The minimum Gasteiger partial charge on any atom is -0.368 e. The average molecular weight is 272 g/mol. The third-order valence-corrected chi connectivity index (χ3v) is 3.58. The first-order chi connectivity index (χ1) is 8.24. The zero-order chi connectivity index (χ0) is 12.1. The number of rotatable bonds is 6. The van der Waals surface area contributed by atoms with Crippen molar-refractivity contribution in [2.75, 3.05) is 23.0 Å². The summed E-state index contributed by atoms with van der Waals surface area (Å²) in [5, 5.41) is 14.4. The topological polar surface area (TPSA) is 135 Å². The van der Waals surface area contributed by atoms with Crippen LogP contribution in [0.3, 0.4) is 0 Å². The van der Waals surface area contributed by atoms with E-state index in [-0.39, 0.29) is 0 Å². The maximum Gasteiger partial charge on any atom is 0.216 e. The van der Waals surface area contributed by atoms with E-state index in [2.05, 4.69) is 30.4 Å². The van der Waals surface area contributed by atoms with Crippen LogP contribution < -0.4 is 11.5 Å². The molecule has 0 aliphatic carbocycles. The molecule has 0 unspecified atom stereocenters. The molecule has 0 fully saturated rings. The molecule has 8 nitrogen and oxygen atoms in total. The van der Waals surface area contributed by atoms with E-state index in [0.717, 1.165) is 17.9 Å². The maximum absolute atomic E-state index is 5.41. The molecule has 0 amide bonds. The summed E-state index contributed by atoms with van der Waals surface area (Å²) in [7, 11) is 0. The second-order valence-electron chi connectivity index (χ2n) is 3.06. The Morgan fingerprint density at radius 2 is 1.35 bits per heavy atom. The normalized spacial score (nSPS) is 10.8. The molecule has 2 aromatic heterocycles. The monoisotopic (exact) mass is 272 g/mol. The fraction of sp³-hybridized carbons (Fsp3) is 0.429. The third kappa shape index (κ3) is 3.82. The lowest BCUT2D eigenvalue weighted by Gasteiger charge is -1.95. The standard InChI is InChI=1S/C7H12N8S2/c8-4-10-6(14-12-4)16-2-1-3-17-7-11-5(9)13-15-7/h1-3H2,(H3,8,10,12,14)(H3,9,11,13,15). The van der Waals surface area contributed by atoms with Crippen molar-refractivity contribution in [2.24, 2.45) is 0 Å². The molecule has 10 heteroatoms. The lowest BCUT2D eigenvalue weighted by Crippen LogP contribution is -1.88. The van der Waals surface area contributed by atoms with Crippen LogP contribution >= 0.6 is 23.5 Å². The highest BCUT2D eigenvalue weighted by molar-refractivity contribution is 8.00. The van der Waals surface area contributed by atoms with Gasteiger partial charge >= 0.3 is 0 Å². The highest BCUT2D eigenvalue weighted by Crippen LogP contribution is 2.18. The summed E-state index contributed by atoms with van der Waals surface area (Å²) < 4.78 is 0. The number of H-pyrrole nitrogens is 2. The van der Waals surface area contributed by atoms with Crippen LogP contribution in [0.25, 0.3) is 0 Å². The van der Waals surface area contributed by atoms with Gasteiger partial charge < -0.3 is 11.5 Å². The molecule has 0 bridgehead atoms. The molecule has 0 saturated carbocycles. The van der Waals surface area contributed by atoms with Crippen molar-refractivity contribution in [1.29, 1.82) is 0 Å². The van der Waals surface area contributed by atoms with Crippen LogP contribution in [0.2, 0.25) is 0 Å². The van der Waals surface area contributed by atoms with Gasteiger partial charge in [0.2, 0.25) is 22.2 Å². The molecule has 0 spiro atoms. The van der Waals surface area contributed by atoms with Crippen LogP contribution in [0.4, 0.5) is 11.9 Å². The minimum atomic E-state index is 0.345. The molecular weight excluding hydrogens is 260 g/mol. The Labute approximate surface area is 106 Å². The van der Waals surface area contributed by atoms with Gasteiger partial charge in [0, 0.05) is 11.5 Å². The summed E-state index contributed by atoms with van der Waals surface area (Å²) in [6.45, 7) is 0. The van der Waals surface area contributed by atoms with Gasteiger partial charge in [0.05, 0.1) is 0 Å². The Morgan fingerprint density at radius 1 is 0.882 bits per heavy atom. The molecule has 2 rings (SSSR count). The van der Waals surface area contributed by atoms with Gasteiger partial charge in [0.1, 0.15) is 0 Å². The summed E-state index contributed by atoms with van der Waals surface area (Å²) in [6.07, 6.45) is 0.998. The minimum absolute atomic E-state index is 0.345. The van der Waals surface area contributed by atoms with Crippen molar-refractivity contribution in [1.82, 2.24) is 30.4 Å². The molecule has 2 heterocycles. The lowest BCUT2D eigenvalue weighted by molar-refractivity contribution is 0.963. The molecule has 0 atom stereocenters. The third-order valence-electron chi connectivity index (χ3n) is 1.72. The first-order valence-electron chi connectivity index (χ1n) is 4.85. The lowest BCUT2D eigenvalue weighted by atomic mass is 10.6. The molecule has 0 aliphatic heterocycles. The van der Waals surface area contributed by atoms with E-state index in [4.69, 9.17) is 11.5 Å². The average Bonchev–Trinajstić information content (AvgIpc) is 2.88. The van der Waals surface area contributed by atoms with E-state index in [0.29, 0.717) is 22.2 Å². The molecule has 17 heavy (non-hydrogen) atoms. The summed E-state index contributed by atoms with van der Waals surface area (Å²) in [5.41, 5.74) is 10.8. The fourth-order valence-electron chi connectivity index (χ4n) is 1.03. The summed E-state index contributed by atoms with van der Waals surface area (Å²) in [6, 6.07) is 0. The van der Waals surface area contributed by atoms with Crippen molar-refractivity contribution in [2.45, 2.75) is 16.7 Å². The van der Waals surface area contributed by atoms with Crippen molar-refractivity contribution in [3.8, 4) is 0 Å². The smallest absolute Gasteiger partial charge is 0.216 e. The largest absolute Gasteiger partial charge is 0.368 e. The van der Waals surface area contributed by atoms with Crippen molar-refractivity contribution < 1.29 is 0 Å². The van der Waals surface area contributed by atoms with Crippen LogP contribution in [0, 0.1) is 0 Å². The van der Waals surface area contributed by atoms with Gasteiger partial charge in [-0.15, -0.1) is 10.2 Å². The number of nitrogens with one attached hydrogen (secondary N) is 2. The summed E-state index contributed by atoms with van der Waals surface area (Å²) in [4.78, 5) is 7.98. The Balaban J connectivity index is 1.60. The van der Waals surface area contributed by atoms with Crippen LogP contribution in [0.5, 0.6) is 0 Å². The predicted octanol–water partition coefficient (Wildman–Crippen LogP) is 0.362. The van der Waals surface area contributed by atoms with E-state index < -0.39 is 0 Å². The van der Waals surface area contributed by atoms with Crippen LogP contribution in [-0.4, -0.2) is 41.9 Å². The van der Waals surface area contributed by atoms with Gasteiger partial charge in [0.15, 0.2) is 0 Å². The van der Waals surface area contributed by atoms with Crippen molar-refractivity contribution >= 4 is 35.4 Å². The number of nitrogens with two attached hydrogens (primary N) is 2. The van der Waals surface area contributed by atoms with E-state index in [1.54, 1.807) is 23.5 Å². The Kier molecular flexibility index (Phi) is 4.09. The molecule has 0 radical (unpaired) electrons. The van der Waals surface area contributed by atoms with E-state index in [9.17, 15) is 0 Å². The number of nitrogen functional groups attached to an aromatic ring is 2. The number of anilines is 2. The van der Waals surface area contributed by atoms with E-state index in [1.807, 2.05) is 0 Å². The quantitative estimate of drug-likeness (QED) is 0.437. The summed E-state index contributed by atoms with van der Waals surface area (Å²) >= 11 is 3.12. The van der Waals surface area contributed by atoms with Crippen LogP contribution in [0.1, 0.15) is 6.42 Å². The Bertz CT molecular complexity index is 424. The number of aromatic nitrogens is 6.